The van der Waals surface area contributed by atoms with Crippen molar-refractivity contribution in [2.24, 2.45) is 5.73 Å². The van der Waals surface area contributed by atoms with Gasteiger partial charge in [-0.1, -0.05) is 6.42 Å². The van der Waals surface area contributed by atoms with Crippen molar-refractivity contribution in [1.82, 2.24) is 0 Å². The average Bonchev–Trinajstić information content (AvgIpc) is 2.37. The summed E-state index contributed by atoms with van der Waals surface area (Å²) in [7, 11) is 0. The van der Waals surface area contributed by atoms with E-state index in [9.17, 15) is 8.78 Å². The van der Waals surface area contributed by atoms with Gasteiger partial charge < -0.3 is 5.73 Å². The van der Waals surface area contributed by atoms with E-state index < -0.39 is 11.6 Å². The van der Waals surface area contributed by atoms with Crippen LogP contribution in [0.3, 0.4) is 0 Å². The Morgan fingerprint density at radius 1 is 1.27 bits per heavy atom. The molecule has 82 valence electrons. The summed E-state index contributed by atoms with van der Waals surface area (Å²) in [6, 6.07) is 0.763. The molecule has 1 aromatic carbocycles. The predicted octanol–water partition coefficient (Wildman–Crippen LogP) is 3.00. The van der Waals surface area contributed by atoms with Crippen molar-refractivity contribution in [2.45, 2.75) is 38.6 Å². The van der Waals surface area contributed by atoms with Gasteiger partial charge in [-0.05, 0) is 42.9 Å². The van der Waals surface area contributed by atoms with E-state index in [1.165, 1.54) is 0 Å². The van der Waals surface area contributed by atoms with Crippen molar-refractivity contribution in [3.63, 3.8) is 0 Å². The van der Waals surface area contributed by atoms with Gasteiger partial charge in [0.05, 0.1) is 0 Å². The van der Waals surface area contributed by atoms with E-state index in [1.54, 1.807) is 6.92 Å². The minimum absolute atomic E-state index is 0.215. The SMILES string of the molecule is Cc1c(F)cc(F)c2c1[C@@H](N)CCCC2. The van der Waals surface area contributed by atoms with Crippen molar-refractivity contribution in [3.05, 3.63) is 34.4 Å². The summed E-state index contributed by atoms with van der Waals surface area (Å²) in [6.07, 6.45) is 3.41. The Balaban J connectivity index is 2.63. The predicted molar refractivity (Wildman–Crippen MR) is 55.6 cm³/mol. The van der Waals surface area contributed by atoms with Crippen LogP contribution in [0.1, 0.15) is 42.0 Å². The maximum atomic E-state index is 13.6. The highest BCUT2D eigenvalue weighted by atomic mass is 19.1. The first-order chi connectivity index (χ1) is 7.11. The molecule has 2 rings (SSSR count). The van der Waals surface area contributed by atoms with Gasteiger partial charge in [0.25, 0.3) is 0 Å². The second-order valence-electron chi connectivity index (χ2n) is 4.21. The zero-order valence-electron chi connectivity index (χ0n) is 8.82. The number of benzene rings is 1. The van der Waals surface area contributed by atoms with Crippen LogP contribution in [0.15, 0.2) is 6.07 Å². The van der Waals surface area contributed by atoms with Gasteiger partial charge in [0, 0.05) is 12.1 Å². The quantitative estimate of drug-likeness (QED) is 0.656. The lowest BCUT2D eigenvalue weighted by molar-refractivity contribution is 0.556. The molecule has 1 aromatic rings. The summed E-state index contributed by atoms with van der Waals surface area (Å²) >= 11 is 0. The summed E-state index contributed by atoms with van der Waals surface area (Å²) in [5, 5.41) is 0. The highest BCUT2D eigenvalue weighted by Gasteiger charge is 2.22. The van der Waals surface area contributed by atoms with Crippen LogP contribution in [0.5, 0.6) is 0 Å². The van der Waals surface area contributed by atoms with Gasteiger partial charge in [0.2, 0.25) is 0 Å². The van der Waals surface area contributed by atoms with Gasteiger partial charge in [-0.15, -0.1) is 0 Å². The number of nitrogens with two attached hydrogens (primary N) is 1. The van der Waals surface area contributed by atoms with Crippen LogP contribution < -0.4 is 5.73 Å². The smallest absolute Gasteiger partial charge is 0.129 e. The summed E-state index contributed by atoms with van der Waals surface area (Å²) in [6.45, 7) is 1.68. The van der Waals surface area contributed by atoms with E-state index in [-0.39, 0.29) is 6.04 Å². The lowest BCUT2D eigenvalue weighted by Crippen LogP contribution is -2.14. The second-order valence-corrected chi connectivity index (χ2v) is 4.21. The first-order valence-electron chi connectivity index (χ1n) is 5.34. The molecule has 0 aromatic heterocycles. The van der Waals surface area contributed by atoms with Crippen LogP contribution in [-0.4, -0.2) is 0 Å². The Morgan fingerprint density at radius 2 is 2.00 bits per heavy atom. The molecule has 0 amide bonds. The lowest BCUT2D eigenvalue weighted by atomic mass is 9.94. The topological polar surface area (TPSA) is 26.0 Å². The zero-order valence-corrected chi connectivity index (χ0v) is 8.82. The van der Waals surface area contributed by atoms with Crippen molar-refractivity contribution in [3.8, 4) is 0 Å². The first kappa shape index (κ1) is 10.6. The lowest BCUT2D eigenvalue weighted by Gasteiger charge is -2.16. The minimum atomic E-state index is -0.483. The van der Waals surface area contributed by atoms with Crippen LogP contribution in [-0.2, 0) is 6.42 Å². The Hall–Kier alpha value is -0.960. The third-order valence-corrected chi connectivity index (χ3v) is 3.19. The van der Waals surface area contributed by atoms with Gasteiger partial charge in [0.15, 0.2) is 0 Å². The fourth-order valence-corrected chi connectivity index (χ4v) is 2.36. The normalized spacial score (nSPS) is 20.9. The molecule has 15 heavy (non-hydrogen) atoms. The van der Waals surface area contributed by atoms with Crippen LogP contribution >= 0.6 is 0 Å². The molecule has 0 spiro atoms. The molecule has 0 saturated heterocycles. The maximum absolute atomic E-state index is 13.6. The molecule has 2 N–H and O–H groups in total. The average molecular weight is 211 g/mol. The highest BCUT2D eigenvalue weighted by molar-refractivity contribution is 5.39. The summed E-state index contributed by atoms with van der Waals surface area (Å²) in [4.78, 5) is 0. The fourth-order valence-electron chi connectivity index (χ4n) is 2.36. The van der Waals surface area contributed by atoms with Crippen molar-refractivity contribution < 1.29 is 8.78 Å². The number of hydrogen-bond acceptors (Lipinski definition) is 1. The summed E-state index contributed by atoms with van der Waals surface area (Å²) < 4.78 is 26.9. The standard InChI is InChI=1S/C12H15F2N/c1-7-9(13)6-10(14)8-4-2-3-5-11(15)12(7)8/h6,11H,2-5,15H2,1H3/t11-/m0/s1. The Morgan fingerprint density at radius 3 is 2.73 bits per heavy atom. The number of halogens is 2. The zero-order chi connectivity index (χ0) is 11.0. The number of fused-ring (bicyclic) bond motifs is 1. The molecule has 1 aliphatic rings. The van der Waals surface area contributed by atoms with E-state index >= 15 is 0 Å². The van der Waals surface area contributed by atoms with Crippen molar-refractivity contribution in [1.29, 1.82) is 0 Å². The van der Waals surface area contributed by atoms with Crippen LogP contribution in [0, 0.1) is 18.6 Å². The first-order valence-corrected chi connectivity index (χ1v) is 5.34. The molecule has 1 nitrogen and oxygen atoms in total. The molecule has 1 atom stereocenters. The molecule has 0 radical (unpaired) electrons. The Labute approximate surface area is 88.3 Å². The molecule has 0 fully saturated rings. The van der Waals surface area contributed by atoms with Crippen LogP contribution in [0.4, 0.5) is 8.78 Å². The van der Waals surface area contributed by atoms with Gasteiger partial charge in [0.1, 0.15) is 11.6 Å². The van der Waals surface area contributed by atoms with E-state index in [4.69, 9.17) is 5.73 Å². The fraction of sp³-hybridized carbons (Fsp3) is 0.500. The summed E-state index contributed by atoms with van der Waals surface area (Å²) in [5.41, 5.74) is 7.79. The molecular weight excluding hydrogens is 196 g/mol. The van der Waals surface area contributed by atoms with Crippen molar-refractivity contribution >= 4 is 0 Å². The van der Waals surface area contributed by atoms with E-state index in [1.807, 2.05) is 0 Å². The largest absolute Gasteiger partial charge is 0.324 e. The van der Waals surface area contributed by atoms with Gasteiger partial charge in [-0.3, -0.25) is 0 Å². The van der Waals surface area contributed by atoms with Gasteiger partial charge in [-0.25, -0.2) is 8.78 Å². The third-order valence-electron chi connectivity index (χ3n) is 3.19. The van der Waals surface area contributed by atoms with E-state index in [0.717, 1.165) is 25.3 Å². The Kier molecular flexibility index (Phi) is 2.74. The minimum Gasteiger partial charge on any atom is -0.324 e. The summed E-state index contributed by atoms with van der Waals surface area (Å²) in [5.74, 6) is -0.922. The molecule has 0 saturated carbocycles. The molecule has 0 heterocycles. The van der Waals surface area contributed by atoms with Gasteiger partial charge in [-0.2, -0.15) is 0 Å². The van der Waals surface area contributed by atoms with E-state index in [2.05, 4.69) is 0 Å². The Bertz CT molecular complexity index is 388. The molecule has 3 heteroatoms. The number of hydrogen-bond donors (Lipinski definition) is 1. The maximum Gasteiger partial charge on any atom is 0.129 e. The molecule has 0 bridgehead atoms. The van der Waals surface area contributed by atoms with Crippen LogP contribution in [0.2, 0.25) is 0 Å². The van der Waals surface area contributed by atoms with E-state index in [0.29, 0.717) is 23.1 Å². The second kappa shape index (κ2) is 3.89. The molecule has 0 unspecified atom stereocenters. The molecule has 1 aliphatic carbocycles. The van der Waals surface area contributed by atoms with Crippen LogP contribution in [0.25, 0.3) is 0 Å². The molecule has 0 aliphatic heterocycles. The highest BCUT2D eigenvalue weighted by Crippen LogP contribution is 2.32. The third kappa shape index (κ3) is 1.76. The van der Waals surface area contributed by atoms with Crippen molar-refractivity contribution in [2.75, 3.05) is 0 Å². The van der Waals surface area contributed by atoms with Gasteiger partial charge >= 0.3 is 0 Å². The number of rotatable bonds is 0. The molecular formula is C12H15F2N. The monoisotopic (exact) mass is 211 g/mol.